The Balaban J connectivity index is 2.16. The van der Waals surface area contributed by atoms with E-state index in [9.17, 15) is 9.90 Å². The highest BCUT2D eigenvalue weighted by atomic mass is 16.3. The molecule has 3 aromatic rings. The molecule has 1 atom stereocenters. The highest BCUT2D eigenvalue weighted by molar-refractivity contribution is 5.89. The molecule has 0 aliphatic heterocycles. The number of benzene rings is 3. The van der Waals surface area contributed by atoms with Gasteiger partial charge < -0.3 is 15.3 Å². The summed E-state index contributed by atoms with van der Waals surface area (Å²) in [5.41, 5.74) is 2.73. The Bertz CT molecular complexity index is 946. The first kappa shape index (κ1) is 18.8. The number of nitrogens with zero attached hydrogens (tertiary/aromatic N) is 1. The van der Waals surface area contributed by atoms with Crippen molar-refractivity contribution in [2.45, 2.75) is 19.9 Å². The minimum absolute atomic E-state index is 0.0518. The fourth-order valence-electron chi connectivity index (χ4n) is 3.18. The van der Waals surface area contributed by atoms with Crippen molar-refractivity contribution in [3.63, 3.8) is 0 Å². The van der Waals surface area contributed by atoms with E-state index in [1.807, 2.05) is 87.4 Å². The molecule has 0 bridgehead atoms. The molecule has 4 nitrogen and oxygen atoms in total. The monoisotopic (exact) mass is 362 g/mol. The number of hydrogen-bond donors (Lipinski definition) is 2. The number of carbonyl (C=O) groups excluding carboxylic acids is 1. The summed E-state index contributed by atoms with van der Waals surface area (Å²) in [6.07, 6.45) is 0. The van der Waals surface area contributed by atoms with E-state index in [0.717, 1.165) is 27.6 Å². The van der Waals surface area contributed by atoms with Gasteiger partial charge in [0.25, 0.3) is 0 Å². The number of amides is 1. The van der Waals surface area contributed by atoms with Gasteiger partial charge in [-0.1, -0.05) is 56.3 Å². The highest BCUT2D eigenvalue weighted by Crippen LogP contribution is 2.36. The lowest BCUT2D eigenvalue weighted by Crippen LogP contribution is -2.32. The number of phenols is 1. The molecular weight excluding hydrogens is 336 g/mol. The smallest absolute Gasteiger partial charge is 0.223 e. The van der Waals surface area contributed by atoms with Gasteiger partial charge in [0, 0.05) is 31.3 Å². The summed E-state index contributed by atoms with van der Waals surface area (Å²) in [7, 11) is 3.98. The second kappa shape index (κ2) is 7.70. The van der Waals surface area contributed by atoms with Crippen LogP contribution in [0.3, 0.4) is 0 Å². The molecule has 3 aromatic carbocycles. The molecule has 3 rings (SSSR count). The second-order valence-corrected chi connectivity index (χ2v) is 7.30. The quantitative estimate of drug-likeness (QED) is 0.704. The van der Waals surface area contributed by atoms with Gasteiger partial charge >= 0.3 is 0 Å². The van der Waals surface area contributed by atoms with Crippen LogP contribution in [0.15, 0.2) is 60.7 Å². The minimum Gasteiger partial charge on any atom is -0.508 e. The zero-order valence-electron chi connectivity index (χ0n) is 16.2. The van der Waals surface area contributed by atoms with Gasteiger partial charge in [0.1, 0.15) is 5.75 Å². The normalized spacial score (nSPS) is 12.2. The van der Waals surface area contributed by atoms with E-state index < -0.39 is 6.04 Å². The third-order valence-corrected chi connectivity index (χ3v) is 4.79. The van der Waals surface area contributed by atoms with Crippen LogP contribution in [-0.2, 0) is 4.79 Å². The topological polar surface area (TPSA) is 52.6 Å². The van der Waals surface area contributed by atoms with Crippen molar-refractivity contribution in [3.05, 3.63) is 71.8 Å². The molecule has 2 N–H and O–H groups in total. The van der Waals surface area contributed by atoms with Gasteiger partial charge in [-0.05, 0) is 34.5 Å². The summed E-state index contributed by atoms with van der Waals surface area (Å²) in [5.74, 6) is -0.0193. The van der Waals surface area contributed by atoms with Crippen molar-refractivity contribution in [2.75, 3.05) is 19.0 Å². The lowest BCUT2D eigenvalue weighted by atomic mass is 9.92. The van der Waals surface area contributed by atoms with Crippen molar-refractivity contribution in [2.24, 2.45) is 5.92 Å². The summed E-state index contributed by atoms with van der Waals surface area (Å²) in [6, 6.07) is 19.1. The third-order valence-electron chi connectivity index (χ3n) is 4.79. The predicted octanol–water partition coefficient (Wildman–Crippen LogP) is 4.47. The standard InChI is InChI=1S/C23H26N2O2/c1-15(2)23(27)24-22(17-9-12-18(13-10-17)25(3)4)21-19-8-6-5-7-16(19)11-14-20(21)26/h5-15,22,26H,1-4H3,(H,24,27)/t22-/m0/s1. The fourth-order valence-corrected chi connectivity index (χ4v) is 3.18. The molecule has 0 heterocycles. The minimum atomic E-state index is -0.429. The molecule has 0 saturated heterocycles. The maximum absolute atomic E-state index is 12.5. The predicted molar refractivity (Wildman–Crippen MR) is 111 cm³/mol. The number of fused-ring (bicyclic) bond motifs is 1. The number of nitrogens with one attached hydrogen (secondary N) is 1. The van der Waals surface area contributed by atoms with Crippen LogP contribution < -0.4 is 10.2 Å². The Morgan fingerprint density at radius 2 is 1.63 bits per heavy atom. The van der Waals surface area contributed by atoms with Crippen molar-refractivity contribution in [1.82, 2.24) is 5.32 Å². The number of aromatic hydroxyl groups is 1. The third kappa shape index (κ3) is 3.90. The van der Waals surface area contributed by atoms with E-state index in [2.05, 4.69) is 5.32 Å². The van der Waals surface area contributed by atoms with Gasteiger partial charge in [-0.15, -0.1) is 0 Å². The van der Waals surface area contributed by atoms with Gasteiger partial charge in [0.2, 0.25) is 5.91 Å². The van der Waals surface area contributed by atoms with Gasteiger partial charge in [0.05, 0.1) is 6.04 Å². The number of carbonyl (C=O) groups is 1. The SMILES string of the molecule is CC(C)C(=O)N[C@@H](c1ccc(N(C)C)cc1)c1c(O)ccc2ccccc12. The van der Waals surface area contributed by atoms with Crippen LogP contribution in [0.5, 0.6) is 5.75 Å². The molecule has 0 saturated carbocycles. The van der Waals surface area contributed by atoms with Crippen molar-refractivity contribution in [1.29, 1.82) is 0 Å². The van der Waals surface area contributed by atoms with Crippen molar-refractivity contribution >= 4 is 22.4 Å². The van der Waals surface area contributed by atoms with Crippen LogP contribution in [0.4, 0.5) is 5.69 Å². The molecule has 0 aliphatic rings. The summed E-state index contributed by atoms with van der Waals surface area (Å²) in [6.45, 7) is 3.73. The average molecular weight is 362 g/mol. The highest BCUT2D eigenvalue weighted by Gasteiger charge is 2.23. The van der Waals surface area contributed by atoms with Crippen molar-refractivity contribution in [3.8, 4) is 5.75 Å². The molecular formula is C23H26N2O2. The van der Waals surface area contributed by atoms with Crippen molar-refractivity contribution < 1.29 is 9.90 Å². The number of anilines is 1. The van der Waals surface area contributed by atoms with E-state index >= 15 is 0 Å². The van der Waals surface area contributed by atoms with E-state index in [1.165, 1.54) is 0 Å². The molecule has 0 aromatic heterocycles. The van der Waals surface area contributed by atoms with Gasteiger partial charge in [-0.3, -0.25) is 4.79 Å². The second-order valence-electron chi connectivity index (χ2n) is 7.30. The molecule has 140 valence electrons. The molecule has 0 radical (unpaired) electrons. The lowest BCUT2D eigenvalue weighted by molar-refractivity contribution is -0.124. The Morgan fingerprint density at radius 3 is 2.26 bits per heavy atom. The molecule has 0 spiro atoms. The van der Waals surface area contributed by atoms with E-state index in [0.29, 0.717) is 0 Å². The van der Waals surface area contributed by atoms with Crippen LogP contribution >= 0.6 is 0 Å². The first-order valence-electron chi connectivity index (χ1n) is 9.16. The molecule has 0 fully saturated rings. The fraction of sp³-hybridized carbons (Fsp3) is 0.261. The Labute approximate surface area is 160 Å². The zero-order chi connectivity index (χ0) is 19.6. The van der Waals surface area contributed by atoms with Gasteiger partial charge in [0.15, 0.2) is 0 Å². The zero-order valence-corrected chi connectivity index (χ0v) is 16.2. The van der Waals surface area contributed by atoms with Crippen LogP contribution in [0.1, 0.15) is 31.0 Å². The maximum atomic E-state index is 12.5. The van der Waals surface area contributed by atoms with E-state index in [-0.39, 0.29) is 17.6 Å². The van der Waals surface area contributed by atoms with E-state index in [4.69, 9.17) is 0 Å². The molecule has 27 heavy (non-hydrogen) atoms. The Hall–Kier alpha value is -3.01. The Morgan fingerprint density at radius 1 is 0.963 bits per heavy atom. The molecule has 0 unspecified atom stereocenters. The first-order chi connectivity index (χ1) is 12.9. The molecule has 1 amide bonds. The lowest BCUT2D eigenvalue weighted by Gasteiger charge is -2.24. The molecule has 0 aliphatic carbocycles. The summed E-state index contributed by atoms with van der Waals surface area (Å²) < 4.78 is 0. The first-order valence-corrected chi connectivity index (χ1v) is 9.16. The molecule has 4 heteroatoms. The van der Waals surface area contributed by atoms with Crippen LogP contribution in [0, 0.1) is 5.92 Å². The average Bonchev–Trinajstić information content (AvgIpc) is 2.66. The van der Waals surface area contributed by atoms with Crippen LogP contribution in [0.25, 0.3) is 10.8 Å². The Kier molecular flexibility index (Phi) is 5.36. The maximum Gasteiger partial charge on any atom is 0.223 e. The summed E-state index contributed by atoms with van der Waals surface area (Å²) in [4.78, 5) is 14.6. The number of hydrogen-bond acceptors (Lipinski definition) is 3. The summed E-state index contributed by atoms with van der Waals surface area (Å²) >= 11 is 0. The van der Waals surface area contributed by atoms with E-state index in [1.54, 1.807) is 6.07 Å². The number of rotatable bonds is 5. The van der Waals surface area contributed by atoms with Gasteiger partial charge in [-0.25, -0.2) is 0 Å². The number of phenolic OH excluding ortho intramolecular Hbond substituents is 1. The van der Waals surface area contributed by atoms with Gasteiger partial charge in [-0.2, -0.15) is 0 Å². The largest absolute Gasteiger partial charge is 0.508 e. The summed E-state index contributed by atoms with van der Waals surface area (Å²) in [5, 5.41) is 15.8. The van der Waals surface area contributed by atoms with Crippen LogP contribution in [0.2, 0.25) is 0 Å². The van der Waals surface area contributed by atoms with Crippen LogP contribution in [-0.4, -0.2) is 25.1 Å².